The lowest BCUT2D eigenvalue weighted by molar-refractivity contribution is -0.144. The summed E-state index contributed by atoms with van der Waals surface area (Å²) in [5.41, 5.74) is 28.9. The molecule has 0 spiro atoms. The van der Waals surface area contributed by atoms with Crippen LogP contribution in [-0.2, 0) is 85.6 Å². The van der Waals surface area contributed by atoms with E-state index in [4.69, 9.17) is 68.9 Å². The maximum absolute atomic E-state index is 14.1. The van der Waals surface area contributed by atoms with Crippen molar-refractivity contribution in [1.29, 1.82) is 0 Å². The maximum Gasteiger partial charge on any atom is 0.416 e. The molecule has 129 heavy (non-hydrogen) atoms. The summed E-state index contributed by atoms with van der Waals surface area (Å²) in [6.45, 7) is 18.9. The number of carbonyl (C=O) groups is 8. The number of nitrogens with one attached hydrogen (secondary N) is 2. The summed E-state index contributed by atoms with van der Waals surface area (Å²) in [5, 5.41) is 26.1. The average molecular weight is 1790 g/mol. The first kappa shape index (κ1) is 109. The Balaban J connectivity index is 0.000000449. The third-order valence-electron chi connectivity index (χ3n) is 18.7. The lowest BCUT2D eigenvalue weighted by atomic mass is 9.87. The second-order valence-electron chi connectivity index (χ2n) is 31.0. The van der Waals surface area contributed by atoms with E-state index < -0.39 is 65.1 Å². The highest BCUT2D eigenvalue weighted by Crippen LogP contribution is 2.34. The van der Waals surface area contributed by atoms with E-state index in [1.54, 1.807) is 72.1 Å². The summed E-state index contributed by atoms with van der Waals surface area (Å²) >= 11 is 0. The zero-order chi connectivity index (χ0) is 92.2. The zero-order valence-electron chi connectivity index (χ0n) is 74.2. The highest BCUT2D eigenvalue weighted by Gasteiger charge is 2.31. The van der Waals surface area contributed by atoms with Crippen LogP contribution in [0.3, 0.4) is 0 Å². The van der Waals surface area contributed by atoms with Gasteiger partial charge in [-0.25, -0.2) is 24.4 Å². The van der Waals surface area contributed by atoms with E-state index in [1.165, 1.54) is 40.4 Å². The molecule has 0 unspecified atom stereocenters. The second-order valence-corrected chi connectivity index (χ2v) is 31.0. The van der Waals surface area contributed by atoms with Crippen molar-refractivity contribution in [2.24, 2.45) is 16.0 Å². The molecule has 2 heterocycles. The number of aliphatic carboxylic acids is 1. The van der Waals surface area contributed by atoms with Gasteiger partial charge in [0, 0.05) is 79.6 Å². The van der Waals surface area contributed by atoms with Gasteiger partial charge < -0.3 is 78.3 Å². The number of carbonyl (C=O) groups excluding carboxylic acids is 7. The number of aryl methyl sites for hydroxylation is 2. The molecule has 0 aliphatic rings. The molecular formula is C95H129N13O21. The molecule has 0 bridgehead atoms. The van der Waals surface area contributed by atoms with Gasteiger partial charge in [-0.1, -0.05) is 159 Å². The Kier molecular flexibility index (Phi) is 51.4. The fraction of sp³-hybridized carbons (Fsp3) is 0.474. The summed E-state index contributed by atoms with van der Waals surface area (Å²) in [7, 11) is 2.68. The largest absolute Gasteiger partial charge is 0.480 e. The standard InChI is InChI=1S/C47H60N6O10.C26H42N6O9.C20H19NO2.2CH4/c1-34-19-20-49-43(30-34)53(46(57)63-47(2,3)4)22-9-14-44(55)51-41(33-62-29-28-61-27-26-60-25-24-59-23-21-50-52-48)42(54)31-38(32-45(56)58-5)35-15-17-37(18-16-35)40-13-8-11-36-10-6-7-12-39(36)40;1-20-7-8-28-22(18-20)32(25(36)41-26(2,3)4)10-5-6-23(33)30-21(24(34)35)19-40-17-16-39-15-14-38-13-12-37-11-9-29-31-27;1-23-20(22)13-19(21)16-11-9-15(10-12-16)18-8-4-6-14-5-2-3-7-17(14)18;;/h6-8,10-13,15-20,30,38,41H,9,14,21-29,31-33H2,1-5H3,(H,51,55);7-8,18,21H,5-6,9-17,19H2,1-4H3,(H,30,33)(H,34,35);2-12,19H,13,21H2,1H3;2*1H4/t38-,41-;21-;19-;;/m000../s1. The van der Waals surface area contributed by atoms with Gasteiger partial charge in [0.2, 0.25) is 11.8 Å². The average Bonchev–Trinajstić information content (AvgIpc) is 0.800. The van der Waals surface area contributed by atoms with E-state index in [0.717, 1.165) is 49.7 Å². The van der Waals surface area contributed by atoms with E-state index in [1.807, 2.05) is 98.8 Å². The van der Waals surface area contributed by atoms with Crippen molar-refractivity contribution in [1.82, 2.24) is 20.6 Å². The highest BCUT2D eigenvalue weighted by molar-refractivity contribution is 5.98. The van der Waals surface area contributed by atoms with Gasteiger partial charge in [-0.05, 0) is 170 Å². The van der Waals surface area contributed by atoms with Crippen LogP contribution in [-0.4, -0.2) is 232 Å². The summed E-state index contributed by atoms with van der Waals surface area (Å²) in [6.07, 6.45) is 2.53. The van der Waals surface area contributed by atoms with Crippen LogP contribution in [0.1, 0.15) is 136 Å². The molecule has 5 N–H and O–H groups in total. The van der Waals surface area contributed by atoms with Crippen LogP contribution in [0, 0.1) is 13.8 Å². The first-order chi connectivity index (χ1) is 61.1. The van der Waals surface area contributed by atoms with Crippen molar-refractivity contribution in [3.8, 4) is 22.3 Å². The molecule has 0 fully saturated rings. The van der Waals surface area contributed by atoms with E-state index in [-0.39, 0.29) is 143 Å². The number of Topliss-reactive ketones (excluding diaryl/α,β-unsaturated/α-hetero) is 1. The molecule has 0 aliphatic carbocycles. The number of anilines is 2. The Bertz CT molecular complexity index is 4820. The Labute approximate surface area is 756 Å². The highest BCUT2D eigenvalue weighted by atomic mass is 16.6. The molecule has 34 heteroatoms. The van der Waals surface area contributed by atoms with Crippen molar-refractivity contribution in [2.45, 2.75) is 150 Å². The van der Waals surface area contributed by atoms with Gasteiger partial charge in [0.05, 0.1) is 133 Å². The predicted molar refractivity (Wildman–Crippen MR) is 494 cm³/mol. The van der Waals surface area contributed by atoms with Gasteiger partial charge in [-0.3, -0.25) is 33.8 Å². The van der Waals surface area contributed by atoms with Crippen LogP contribution in [0.2, 0.25) is 0 Å². The molecule has 34 nitrogen and oxygen atoms in total. The molecule has 700 valence electrons. The van der Waals surface area contributed by atoms with Crippen LogP contribution in [0.15, 0.2) is 180 Å². The van der Waals surface area contributed by atoms with Crippen molar-refractivity contribution in [3.05, 3.63) is 213 Å². The van der Waals surface area contributed by atoms with Crippen molar-refractivity contribution >= 4 is 80.9 Å². The number of amides is 4. The van der Waals surface area contributed by atoms with E-state index >= 15 is 0 Å². The number of esters is 2. The van der Waals surface area contributed by atoms with E-state index in [9.17, 15) is 43.5 Å². The minimum absolute atomic E-state index is 0. The number of pyridine rings is 2. The van der Waals surface area contributed by atoms with Crippen LogP contribution in [0.25, 0.3) is 64.7 Å². The second kappa shape index (κ2) is 60.6. The van der Waals surface area contributed by atoms with Gasteiger partial charge in [-0.2, -0.15) is 0 Å². The van der Waals surface area contributed by atoms with E-state index in [0.29, 0.717) is 77.7 Å². The molecule has 4 atom stereocenters. The fourth-order valence-corrected chi connectivity index (χ4v) is 12.5. The zero-order valence-corrected chi connectivity index (χ0v) is 74.2. The SMILES string of the molecule is C.C.COC(=O)C[C@H](CC(=O)[C@H](COCCOCCOCCOCCN=[N+]=[N-])NC(=O)CCCN(C(=O)OC(C)(C)C)c1cc(C)ccn1)c1ccc(-c2cccc3ccccc23)cc1.COC(=O)C[C@H](N)c1ccc(-c2cccc3ccccc23)cc1.Cc1ccnc(N(CCCC(=O)N[C@@H](COCCOCCOCCOCCN=[N+]=[N-])C(=O)O)C(=O)OC(C)(C)C)c1. The van der Waals surface area contributed by atoms with Crippen LogP contribution in [0.5, 0.6) is 0 Å². The lowest BCUT2D eigenvalue weighted by Crippen LogP contribution is -2.45. The number of benzene rings is 6. The number of ketones is 1. The number of nitrogens with zero attached hydrogens (tertiary/aromatic N) is 10. The first-order valence-corrected chi connectivity index (χ1v) is 42.0. The minimum atomic E-state index is -1.23. The monoisotopic (exact) mass is 1790 g/mol. The molecular weight excluding hydrogens is 1660 g/mol. The number of azide groups is 2. The third kappa shape index (κ3) is 42.6. The Morgan fingerprint density at radius 1 is 0.465 bits per heavy atom. The number of carboxylic acid groups (broad SMARTS) is 1. The number of rotatable bonds is 52. The summed E-state index contributed by atoms with van der Waals surface area (Å²) in [6, 6.07) is 49.2. The Morgan fingerprint density at radius 2 is 0.829 bits per heavy atom. The van der Waals surface area contributed by atoms with E-state index in [2.05, 4.69) is 100.0 Å². The van der Waals surface area contributed by atoms with Crippen molar-refractivity contribution in [2.75, 3.05) is 156 Å². The molecule has 8 rings (SSSR count). The number of hydrogen-bond donors (Lipinski definition) is 4. The summed E-state index contributed by atoms with van der Waals surface area (Å²) in [4.78, 5) is 118. The number of methoxy groups -OCH3 is 2. The summed E-state index contributed by atoms with van der Waals surface area (Å²) in [5.74, 6) is -2.98. The normalized spacial score (nSPS) is 11.9. The van der Waals surface area contributed by atoms with Gasteiger partial charge in [0.1, 0.15) is 28.9 Å². The minimum Gasteiger partial charge on any atom is -0.480 e. The van der Waals surface area contributed by atoms with Crippen molar-refractivity contribution in [3.63, 3.8) is 0 Å². The van der Waals surface area contributed by atoms with Crippen LogP contribution in [0.4, 0.5) is 21.2 Å². The molecule has 6 aromatic carbocycles. The Morgan fingerprint density at radius 3 is 1.22 bits per heavy atom. The molecule has 0 aliphatic heterocycles. The number of hydrogen-bond acceptors (Lipinski definition) is 25. The third-order valence-corrected chi connectivity index (χ3v) is 18.7. The quantitative estimate of drug-likeness (QED) is 0.00687. The van der Waals surface area contributed by atoms with Gasteiger partial charge in [0.25, 0.3) is 0 Å². The number of nitrogens with two attached hydrogens (primary N) is 1. The topological polar surface area (TPSA) is 447 Å². The van der Waals surface area contributed by atoms with Crippen LogP contribution < -0.4 is 26.2 Å². The fourth-order valence-electron chi connectivity index (χ4n) is 12.5. The first-order valence-electron chi connectivity index (χ1n) is 42.0. The number of aromatic nitrogens is 2. The smallest absolute Gasteiger partial charge is 0.416 e. The Hall–Kier alpha value is -12.0. The molecule has 4 amide bonds. The van der Waals surface area contributed by atoms with Gasteiger partial charge in [-0.15, -0.1) is 0 Å². The number of ether oxygens (including phenoxy) is 12. The molecule has 0 saturated carbocycles. The molecule has 0 radical (unpaired) electrons. The lowest BCUT2D eigenvalue weighted by Gasteiger charge is -2.27. The molecule has 8 aromatic rings. The van der Waals surface area contributed by atoms with Gasteiger partial charge in [0.15, 0.2) is 11.8 Å². The summed E-state index contributed by atoms with van der Waals surface area (Å²) < 4.78 is 64.3. The maximum atomic E-state index is 14.1. The van der Waals surface area contributed by atoms with Gasteiger partial charge >= 0.3 is 30.1 Å². The predicted octanol–water partition coefficient (Wildman–Crippen LogP) is 16.1. The van der Waals surface area contributed by atoms with Crippen molar-refractivity contribution < 1.29 is 100 Å². The number of carboxylic acids is 1. The molecule has 0 saturated heterocycles. The number of fused-ring (bicyclic) bond motifs is 2. The molecule has 2 aromatic heterocycles. The van der Waals surface area contributed by atoms with Crippen LogP contribution >= 0.6 is 0 Å².